The van der Waals surface area contributed by atoms with Crippen LogP contribution in [0.4, 0.5) is 17.1 Å². The molecule has 164 valence electrons. The minimum Gasteiger partial charge on any atom is -0.389 e. The molecule has 0 spiro atoms. The lowest BCUT2D eigenvalue weighted by atomic mass is 10.0. The smallest absolute Gasteiger partial charge is 0.0782 e. The Morgan fingerprint density at radius 3 is 2.88 bits per heavy atom. The maximum atomic E-state index is 10.0. The van der Waals surface area contributed by atoms with Crippen molar-refractivity contribution >= 4 is 28.0 Å². The Morgan fingerprint density at radius 2 is 2.03 bits per heavy atom. The van der Waals surface area contributed by atoms with Crippen LogP contribution >= 0.6 is 0 Å². The van der Waals surface area contributed by atoms with Gasteiger partial charge in [-0.25, -0.2) is 0 Å². The summed E-state index contributed by atoms with van der Waals surface area (Å²) >= 11 is 0. The number of hydrogen-bond acceptors (Lipinski definition) is 4. The van der Waals surface area contributed by atoms with Gasteiger partial charge in [0.15, 0.2) is 0 Å². The number of aliphatic hydroxyl groups excluding tert-OH is 1. The van der Waals surface area contributed by atoms with Crippen LogP contribution in [0.5, 0.6) is 0 Å². The lowest BCUT2D eigenvalue weighted by molar-refractivity contribution is 0.200. The maximum Gasteiger partial charge on any atom is 0.0782 e. The molecule has 2 aromatic heterocycles. The Hall–Kier alpha value is -3.31. The van der Waals surface area contributed by atoms with E-state index in [9.17, 15) is 5.11 Å². The molecule has 0 bridgehead atoms. The molecule has 1 aliphatic carbocycles. The van der Waals surface area contributed by atoms with Crippen molar-refractivity contribution in [1.82, 2.24) is 9.97 Å². The molecule has 0 saturated heterocycles. The molecule has 1 aliphatic rings. The third-order valence-corrected chi connectivity index (χ3v) is 6.48. The summed E-state index contributed by atoms with van der Waals surface area (Å²) in [5.41, 5.74) is 10.5. The average molecular weight is 427 g/mol. The van der Waals surface area contributed by atoms with Gasteiger partial charge in [-0.05, 0) is 80.5 Å². The van der Waals surface area contributed by atoms with Gasteiger partial charge in [0.05, 0.1) is 11.6 Å². The van der Waals surface area contributed by atoms with Gasteiger partial charge in [-0.2, -0.15) is 0 Å². The molecular formula is C27H30N4O. The topological polar surface area (TPSA) is 73.0 Å². The highest BCUT2D eigenvalue weighted by molar-refractivity contribution is 5.86. The Bertz CT molecular complexity index is 1260. The van der Waals surface area contributed by atoms with Gasteiger partial charge in [0.1, 0.15) is 0 Å². The van der Waals surface area contributed by atoms with Crippen LogP contribution in [0.2, 0.25) is 0 Å². The zero-order valence-electron chi connectivity index (χ0n) is 18.7. The Kier molecular flexibility index (Phi) is 5.58. The first-order chi connectivity index (χ1) is 15.6. The largest absolute Gasteiger partial charge is 0.389 e. The maximum absolute atomic E-state index is 10.0. The Labute approximate surface area is 188 Å². The van der Waals surface area contributed by atoms with Crippen LogP contribution in [0.1, 0.15) is 47.4 Å². The third kappa shape index (κ3) is 3.96. The second-order valence-corrected chi connectivity index (χ2v) is 8.73. The number of anilines is 3. The van der Waals surface area contributed by atoms with E-state index in [4.69, 9.17) is 0 Å². The van der Waals surface area contributed by atoms with Gasteiger partial charge in [-0.15, -0.1) is 0 Å². The predicted octanol–water partition coefficient (Wildman–Crippen LogP) is 5.81. The predicted molar refractivity (Wildman–Crippen MR) is 132 cm³/mol. The summed E-state index contributed by atoms with van der Waals surface area (Å²) in [6.45, 7) is 4.79. The SMILES string of the molecule is Cc1cc(Nc2ccnc3c2CCC3)ccc1NCCc1c[nH]c2c(C(C)O)cccc12. The van der Waals surface area contributed by atoms with Gasteiger partial charge >= 0.3 is 0 Å². The van der Waals surface area contributed by atoms with Crippen LogP contribution in [-0.2, 0) is 19.3 Å². The van der Waals surface area contributed by atoms with E-state index in [0.717, 1.165) is 48.3 Å². The number of rotatable bonds is 7. The lowest BCUT2D eigenvalue weighted by Crippen LogP contribution is -2.06. The molecule has 4 N–H and O–H groups in total. The fourth-order valence-corrected chi connectivity index (χ4v) is 4.80. The fraction of sp³-hybridized carbons (Fsp3) is 0.296. The third-order valence-electron chi connectivity index (χ3n) is 6.48. The average Bonchev–Trinajstić information content (AvgIpc) is 3.43. The second kappa shape index (κ2) is 8.67. The number of pyridine rings is 1. The van der Waals surface area contributed by atoms with Gasteiger partial charge in [-0.1, -0.05) is 18.2 Å². The van der Waals surface area contributed by atoms with Crippen LogP contribution in [0, 0.1) is 6.92 Å². The monoisotopic (exact) mass is 426 g/mol. The highest BCUT2D eigenvalue weighted by Crippen LogP contribution is 2.31. The summed E-state index contributed by atoms with van der Waals surface area (Å²) in [5.74, 6) is 0. The van der Waals surface area contributed by atoms with Crippen LogP contribution < -0.4 is 10.6 Å². The number of aromatic nitrogens is 2. The molecule has 1 unspecified atom stereocenters. The highest BCUT2D eigenvalue weighted by Gasteiger charge is 2.16. The van der Waals surface area contributed by atoms with Crippen molar-refractivity contribution in [1.29, 1.82) is 0 Å². The zero-order valence-corrected chi connectivity index (χ0v) is 18.7. The molecule has 0 saturated carbocycles. The first kappa shape index (κ1) is 20.6. The summed E-state index contributed by atoms with van der Waals surface area (Å²) in [5, 5.41) is 18.4. The lowest BCUT2D eigenvalue weighted by Gasteiger charge is -2.14. The highest BCUT2D eigenvalue weighted by atomic mass is 16.3. The fourth-order valence-electron chi connectivity index (χ4n) is 4.80. The van der Waals surface area contributed by atoms with Crippen LogP contribution in [0.25, 0.3) is 10.9 Å². The molecular weight excluding hydrogens is 396 g/mol. The summed E-state index contributed by atoms with van der Waals surface area (Å²) < 4.78 is 0. The molecule has 32 heavy (non-hydrogen) atoms. The van der Waals surface area contributed by atoms with Crippen molar-refractivity contribution < 1.29 is 5.11 Å². The summed E-state index contributed by atoms with van der Waals surface area (Å²) in [6, 6.07) is 14.7. The number of aliphatic hydroxyl groups is 1. The van der Waals surface area contributed by atoms with Crippen molar-refractivity contribution in [2.24, 2.45) is 0 Å². The number of fused-ring (bicyclic) bond motifs is 2. The summed E-state index contributed by atoms with van der Waals surface area (Å²) in [4.78, 5) is 7.86. The first-order valence-corrected chi connectivity index (χ1v) is 11.5. The van der Waals surface area contributed by atoms with Gasteiger partial charge in [0.25, 0.3) is 0 Å². The minimum atomic E-state index is -0.480. The second-order valence-electron chi connectivity index (χ2n) is 8.73. The summed E-state index contributed by atoms with van der Waals surface area (Å²) in [7, 11) is 0. The molecule has 4 aromatic rings. The van der Waals surface area contributed by atoms with E-state index < -0.39 is 6.10 Å². The van der Waals surface area contributed by atoms with Crippen molar-refractivity contribution in [2.45, 2.75) is 45.6 Å². The number of para-hydroxylation sites is 1. The Balaban J connectivity index is 1.25. The standard InChI is InChI=1S/C27H30N4O/c1-17-15-20(31-26-12-14-29-25-8-4-7-23(25)26)9-10-24(17)28-13-11-19-16-30-27-21(18(2)32)5-3-6-22(19)27/h3,5-6,9-10,12,14-16,18,28,30,32H,4,7-8,11,13H2,1-2H3,(H,29,31). The molecule has 0 aliphatic heterocycles. The van der Waals surface area contributed by atoms with Crippen molar-refractivity contribution in [3.8, 4) is 0 Å². The molecule has 5 heteroatoms. The number of benzene rings is 2. The van der Waals surface area contributed by atoms with E-state index in [1.807, 2.05) is 18.3 Å². The van der Waals surface area contributed by atoms with Crippen LogP contribution in [0.15, 0.2) is 54.9 Å². The van der Waals surface area contributed by atoms with Crippen molar-refractivity contribution in [3.63, 3.8) is 0 Å². The van der Waals surface area contributed by atoms with E-state index in [0.29, 0.717) is 0 Å². The minimum absolute atomic E-state index is 0.480. The van der Waals surface area contributed by atoms with Gasteiger partial charge in [0.2, 0.25) is 0 Å². The van der Waals surface area contributed by atoms with E-state index in [1.54, 1.807) is 6.92 Å². The van der Waals surface area contributed by atoms with Gasteiger partial charge in [0, 0.05) is 52.6 Å². The molecule has 0 amide bonds. The van der Waals surface area contributed by atoms with E-state index >= 15 is 0 Å². The number of hydrogen-bond donors (Lipinski definition) is 4. The van der Waals surface area contributed by atoms with Crippen molar-refractivity contribution in [2.75, 3.05) is 17.2 Å². The number of nitrogens with one attached hydrogen (secondary N) is 3. The van der Waals surface area contributed by atoms with Crippen molar-refractivity contribution in [3.05, 3.63) is 82.8 Å². The van der Waals surface area contributed by atoms with Gasteiger partial charge < -0.3 is 20.7 Å². The molecule has 2 heterocycles. The molecule has 5 rings (SSSR count). The summed E-state index contributed by atoms with van der Waals surface area (Å²) in [6.07, 6.45) is 7.78. The van der Waals surface area contributed by atoms with E-state index in [1.165, 1.54) is 39.9 Å². The van der Waals surface area contributed by atoms with E-state index in [-0.39, 0.29) is 0 Å². The number of aromatic amines is 1. The molecule has 2 aromatic carbocycles. The number of aryl methyl sites for hydroxylation is 2. The normalized spacial score (nSPS) is 13.8. The first-order valence-electron chi connectivity index (χ1n) is 11.5. The molecule has 0 fully saturated rings. The molecule has 0 radical (unpaired) electrons. The molecule has 5 nitrogen and oxygen atoms in total. The number of nitrogens with zero attached hydrogens (tertiary/aromatic N) is 1. The molecule has 1 atom stereocenters. The van der Waals surface area contributed by atoms with Crippen LogP contribution in [-0.4, -0.2) is 21.6 Å². The van der Waals surface area contributed by atoms with Gasteiger partial charge in [-0.3, -0.25) is 4.98 Å². The number of H-pyrrole nitrogens is 1. The van der Waals surface area contributed by atoms with E-state index in [2.05, 4.69) is 64.1 Å². The quantitative estimate of drug-likeness (QED) is 0.301. The van der Waals surface area contributed by atoms with Crippen LogP contribution in [0.3, 0.4) is 0 Å². The Morgan fingerprint density at radius 1 is 1.12 bits per heavy atom. The zero-order chi connectivity index (χ0) is 22.1.